The van der Waals surface area contributed by atoms with Crippen molar-refractivity contribution in [3.05, 3.63) is 93.1 Å². The lowest BCUT2D eigenvalue weighted by atomic mass is 9.99. The number of imide groups is 1. The largest absolute Gasteiger partial charge is 0.494 e. The highest BCUT2D eigenvalue weighted by Gasteiger charge is 2.33. The number of para-hydroxylation sites is 2. The molecule has 3 fully saturated rings. The highest BCUT2D eigenvalue weighted by Crippen LogP contribution is 2.42. The number of hydrogen-bond donors (Lipinski definition) is 3. The van der Waals surface area contributed by atoms with Crippen molar-refractivity contribution in [2.45, 2.75) is 71.0 Å². The Hall–Kier alpha value is -5.61. The number of benzene rings is 3. The van der Waals surface area contributed by atoms with Crippen molar-refractivity contribution >= 4 is 91.0 Å². The maximum atomic E-state index is 13.7. The number of rotatable bonds is 14. The molecule has 2 amide bonds. The molecule has 0 spiro atoms. The molecule has 0 saturated carbocycles. The van der Waals surface area contributed by atoms with Crippen LogP contribution in [0.3, 0.4) is 0 Å². The maximum absolute atomic E-state index is 13.7. The summed E-state index contributed by atoms with van der Waals surface area (Å²) in [5.41, 5.74) is 7.12. The first-order chi connectivity index (χ1) is 32.3. The van der Waals surface area contributed by atoms with Crippen LogP contribution < -0.4 is 36.6 Å². The minimum atomic E-state index is -2.72. The number of carbonyl (C=O) groups excluding carboxylic acids is 2. The Morgan fingerprint density at radius 1 is 0.881 bits per heavy atom. The normalized spacial score (nSPS) is 17.9. The van der Waals surface area contributed by atoms with Gasteiger partial charge in [0.05, 0.1) is 45.7 Å². The fourth-order valence-electron chi connectivity index (χ4n) is 10.3. The van der Waals surface area contributed by atoms with E-state index in [-0.39, 0.29) is 18.0 Å². The van der Waals surface area contributed by atoms with Crippen molar-refractivity contribution in [1.29, 1.82) is 0 Å². The molecular weight excluding hydrogens is 933 g/mol. The van der Waals surface area contributed by atoms with Gasteiger partial charge in [-0.15, -0.1) is 0 Å². The molecule has 6 aromatic rings. The van der Waals surface area contributed by atoms with Crippen LogP contribution in [0.5, 0.6) is 5.75 Å². The average Bonchev–Trinajstić information content (AvgIpc) is 3.62. The molecule has 3 aromatic carbocycles. The Morgan fingerprint density at radius 2 is 1.66 bits per heavy atom. The Bertz CT molecular complexity index is 2950. The van der Waals surface area contributed by atoms with Crippen LogP contribution in [0.25, 0.3) is 21.9 Å². The number of nitrogens with zero attached hydrogens (tertiary/aromatic N) is 8. The van der Waals surface area contributed by atoms with Crippen molar-refractivity contribution in [3.63, 3.8) is 0 Å². The lowest BCUT2D eigenvalue weighted by molar-refractivity contribution is -0.135. The summed E-state index contributed by atoms with van der Waals surface area (Å²) >= 11 is 3.61. The molecule has 3 saturated heterocycles. The van der Waals surface area contributed by atoms with Gasteiger partial charge >= 0.3 is 5.69 Å². The molecule has 18 heteroatoms. The van der Waals surface area contributed by atoms with E-state index in [1.807, 2.05) is 43.3 Å². The molecule has 16 nitrogen and oxygen atoms in total. The first kappa shape index (κ1) is 46.5. The van der Waals surface area contributed by atoms with Crippen molar-refractivity contribution in [2.24, 2.45) is 0 Å². The van der Waals surface area contributed by atoms with E-state index < -0.39 is 19.1 Å². The molecular formula is C49H59BrN11O5P. The summed E-state index contributed by atoms with van der Waals surface area (Å²) in [6.07, 6.45) is 7.74. The number of halogens is 1. The topological polar surface area (TPSA) is 172 Å². The van der Waals surface area contributed by atoms with Crippen LogP contribution in [-0.2, 0) is 33.5 Å². The number of pyridine rings is 1. The van der Waals surface area contributed by atoms with Gasteiger partial charge in [-0.1, -0.05) is 37.3 Å². The smallest absolute Gasteiger partial charge is 0.329 e. The minimum Gasteiger partial charge on any atom is -0.494 e. The third-order valence-corrected chi connectivity index (χ3v) is 15.8. The van der Waals surface area contributed by atoms with Gasteiger partial charge in [-0.05, 0) is 97.6 Å². The van der Waals surface area contributed by atoms with Crippen molar-refractivity contribution in [3.8, 4) is 5.75 Å². The lowest BCUT2D eigenvalue weighted by Gasteiger charge is -2.43. The Kier molecular flexibility index (Phi) is 13.6. The summed E-state index contributed by atoms with van der Waals surface area (Å²) in [6.45, 7) is 15.0. The zero-order chi connectivity index (χ0) is 47.0. The van der Waals surface area contributed by atoms with Gasteiger partial charge in [0.15, 0.2) is 0 Å². The second kappa shape index (κ2) is 19.5. The fourth-order valence-corrected chi connectivity index (χ4v) is 12.0. The molecule has 3 aliphatic heterocycles. The van der Waals surface area contributed by atoms with Crippen LogP contribution in [0, 0.1) is 0 Å². The summed E-state index contributed by atoms with van der Waals surface area (Å²) in [7, 11) is -1.03. The number of hydrogen-bond acceptors (Lipinski definition) is 13. The first-order valence-electron chi connectivity index (χ1n) is 23.3. The first-order valence-corrected chi connectivity index (χ1v) is 26.7. The zero-order valence-electron chi connectivity index (χ0n) is 38.8. The van der Waals surface area contributed by atoms with Crippen LogP contribution >= 0.6 is 23.1 Å². The van der Waals surface area contributed by atoms with E-state index in [0.29, 0.717) is 46.7 Å². The molecule has 1 atom stereocenters. The molecule has 3 aliphatic rings. The van der Waals surface area contributed by atoms with Gasteiger partial charge < -0.3 is 29.7 Å². The quantitative estimate of drug-likeness (QED) is 0.0751. The molecule has 0 radical (unpaired) electrons. The van der Waals surface area contributed by atoms with Crippen LogP contribution in [0.2, 0.25) is 0 Å². The predicted molar refractivity (Wildman–Crippen MR) is 270 cm³/mol. The molecule has 0 bridgehead atoms. The van der Waals surface area contributed by atoms with Gasteiger partial charge in [-0.2, -0.15) is 4.98 Å². The van der Waals surface area contributed by atoms with E-state index in [4.69, 9.17) is 9.72 Å². The minimum absolute atomic E-state index is 0.202. The SMILES string of the molecule is CCc1cc(Nc2ncc(Br)c(Nc3cnc4ccccc4c3P(C)(C)=O)n2)c(OC)cc1N1CCC(N2CCN(CCc3cccc4c3n(CC)c(=O)n4C3CCC(=O)NC3=O)CC2)CC1. The van der Waals surface area contributed by atoms with E-state index in [1.54, 1.807) is 42.0 Å². The molecule has 9 rings (SSSR count). The molecule has 6 heterocycles. The number of anilines is 5. The Labute approximate surface area is 399 Å². The number of fused-ring (bicyclic) bond motifs is 2. The highest BCUT2D eigenvalue weighted by atomic mass is 79.9. The number of imidazole rings is 1. The van der Waals surface area contributed by atoms with E-state index in [2.05, 4.69) is 81.7 Å². The molecule has 0 aliphatic carbocycles. The van der Waals surface area contributed by atoms with Crippen molar-refractivity contribution in [1.82, 2.24) is 39.2 Å². The third-order valence-electron chi connectivity index (χ3n) is 13.6. The Morgan fingerprint density at radius 3 is 2.37 bits per heavy atom. The number of nitrogens with one attached hydrogen (secondary N) is 3. The lowest BCUT2D eigenvalue weighted by Crippen LogP contribution is -2.53. The number of aromatic nitrogens is 5. The summed E-state index contributed by atoms with van der Waals surface area (Å²) in [5, 5.41) is 10.8. The monoisotopic (exact) mass is 991 g/mol. The third kappa shape index (κ3) is 9.48. The number of piperazine rings is 1. The van der Waals surface area contributed by atoms with Crippen molar-refractivity contribution in [2.75, 3.05) is 81.8 Å². The van der Waals surface area contributed by atoms with Crippen molar-refractivity contribution < 1.29 is 18.9 Å². The molecule has 3 N–H and O–H groups in total. The predicted octanol–water partition coefficient (Wildman–Crippen LogP) is 7.04. The van der Waals surface area contributed by atoms with Gasteiger partial charge in [-0.25, -0.2) is 9.78 Å². The summed E-state index contributed by atoms with van der Waals surface area (Å²) in [6, 6.07) is 17.8. The zero-order valence-corrected chi connectivity index (χ0v) is 41.3. The van der Waals surface area contributed by atoms with Gasteiger partial charge in [0, 0.05) is 93.5 Å². The van der Waals surface area contributed by atoms with Crippen LogP contribution in [-0.4, -0.2) is 118 Å². The van der Waals surface area contributed by atoms with E-state index in [1.165, 1.54) is 11.3 Å². The summed E-state index contributed by atoms with van der Waals surface area (Å²) < 4.78 is 23.6. The fraction of sp³-hybridized carbons (Fsp3) is 0.429. The van der Waals surface area contributed by atoms with Gasteiger partial charge in [-0.3, -0.25) is 33.9 Å². The second-order valence-corrected chi connectivity index (χ2v) is 22.1. The highest BCUT2D eigenvalue weighted by molar-refractivity contribution is 9.10. The summed E-state index contributed by atoms with van der Waals surface area (Å²) in [5.74, 6) is 0.895. The molecule has 352 valence electrons. The second-order valence-electron chi connectivity index (χ2n) is 18.1. The van der Waals surface area contributed by atoms with Gasteiger partial charge in [0.25, 0.3) is 0 Å². The van der Waals surface area contributed by atoms with Crippen LogP contribution in [0.1, 0.15) is 56.7 Å². The Balaban J connectivity index is 0.821. The number of piperidine rings is 2. The number of ether oxygens (including phenoxy) is 1. The number of carbonyl (C=O) groups is 2. The average molecular weight is 993 g/mol. The van der Waals surface area contributed by atoms with Gasteiger partial charge in [0.2, 0.25) is 17.8 Å². The van der Waals surface area contributed by atoms with Crippen LogP contribution in [0.4, 0.5) is 28.8 Å². The molecule has 1 unspecified atom stereocenters. The summed E-state index contributed by atoms with van der Waals surface area (Å²) in [4.78, 5) is 60.1. The standard InChI is InChI=1S/C49H59BrN11O5P/c1-6-31-27-37(54-48-52-29-35(50)46(56-48)53-38-30-51-36-13-9-8-12-34(36)45(38)67(4,5)65)42(66-3)28-41(31)59-21-18-33(19-22-59)58-25-23-57(24-26-58)20-17-32-11-10-14-39-44(32)60(7-2)49(64)61(39)40-15-16-43(62)55-47(40)63/h8-14,27-30,33,40H,6-7,15-26H2,1-5H3,(H,55,62,63)(H2,52,53,54,56). The van der Waals surface area contributed by atoms with Crippen LogP contribution in [0.15, 0.2) is 76.3 Å². The van der Waals surface area contributed by atoms with Gasteiger partial charge in [0.1, 0.15) is 24.8 Å². The molecule has 3 aromatic heterocycles. The number of aryl methyl sites for hydroxylation is 2. The van der Waals surface area contributed by atoms with E-state index in [0.717, 1.165) is 110 Å². The number of methoxy groups -OCH3 is 1. The maximum Gasteiger partial charge on any atom is 0.329 e. The molecule has 67 heavy (non-hydrogen) atoms. The van der Waals surface area contributed by atoms with E-state index >= 15 is 0 Å². The number of amides is 2. The van der Waals surface area contributed by atoms with E-state index in [9.17, 15) is 18.9 Å².